The van der Waals surface area contributed by atoms with Gasteiger partial charge < -0.3 is 9.47 Å². The summed E-state index contributed by atoms with van der Waals surface area (Å²) in [5.41, 5.74) is 2.26. The highest BCUT2D eigenvalue weighted by molar-refractivity contribution is 9.10. The number of aryl methyl sites for hydroxylation is 2. The zero-order chi connectivity index (χ0) is 13.0. The number of rotatable bonds is 6. The van der Waals surface area contributed by atoms with Gasteiger partial charge in [0.1, 0.15) is 0 Å². The minimum atomic E-state index is 0.562. The molecule has 0 spiro atoms. The average molecular weight is 317 g/mol. The van der Waals surface area contributed by atoms with Crippen LogP contribution in [0, 0.1) is 5.92 Å². The zero-order valence-corrected chi connectivity index (χ0v) is 12.7. The van der Waals surface area contributed by atoms with Gasteiger partial charge in [0, 0.05) is 19.1 Å². The second-order valence-corrected chi connectivity index (χ2v) is 5.41. The van der Waals surface area contributed by atoms with Crippen LogP contribution in [-0.2, 0) is 29.0 Å². The third-order valence-electron chi connectivity index (χ3n) is 3.31. The summed E-state index contributed by atoms with van der Waals surface area (Å²) in [4.78, 5) is 0. The van der Waals surface area contributed by atoms with E-state index in [-0.39, 0.29) is 0 Å². The SMILES string of the molecule is CCc1nn(CC)c(COCC2CCOC2)c1Br. The fourth-order valence-corrected chi connectivity index (χ4v) is 2.87. The van der Waals surface area contributed by atoms with Crippen LogP contribution >= 0.6 is 15.9 Å². The second kappa shape index (κ2) is 6.68. The molecule has 1 aromatic heterocycles. The molecule has 2 heterocycles. The van der Waals surface area contributed by atoms with Gasteiger partial charge in [0.25, 0.3) is 0 Å². The van der Waals surface area contributed by atoms with E-state index < -0.39 is 0 Å². The third-order valence-corrected chi connectivity index (χ3v) is 4.23. The molecule has 0 saturated carbocycles. The number of nitrogens with zero attached hydrogens (tertiary/aromatic N) is 2. The predicted molar refractivity (Wildman–Crippen MR) is 73.6 cm³/mol. The lowest BCUT2D eigenvalue weighted by molar-refractivity contribution is 0.0748. The molecule has 1 aliphatic heterocycles. The molecule has 1 atom stereocenters. The fourth-order valence-electron chi connectivity index (χ4n) is 2.19. The molecule has 0 aromatic carbocycles. The zero-order valence-electron chi connectivity index (χ0n) is 11.1. The highest BCUT2D eigenvalue weighted by atomic mass is 79.9. The first-order valence-corrected chi connectivity index (χ1v) is 7.45. The van der Waals surface area contributed by atoms with E-state index in [1.165, 1.54) is 0 Å². The predicted octanol–water partition coefficient (Wildman–Crippen LogP) is 2.78. The molecule has 4 nitrogen and oxygen atoms in total. The molecule has 1 saturated heterocycles. The maximum Gasteiger partial charge on any atom is 0.0896 e. The molecule has 1 aliphatic rings. The summed E-state index contributed by atoms with van der Waals surface area (Å²) in [5.74, 6) is 0.562. The maximum atomic E-state index is 5.81. The van der Waals surface area contributed by atoms with Crippen LogP contribution in [-0.4, -0.2) is 29.6 Å². The summed E-state index contributed by atoms with van der Waals surface area (Å²) in [6.07, 6.45) is 2.06. The maximum absolute atomic E-state index is 5.81. The van der Waals surface area contributed by atoms with Gasteiger partial charge in [-0.25, -0.2) is 0 Å². The van der Waals surface area contributed by atoms with Crippen molar-refractivity contribution in [3.63, 3.8) is 0 Å². The Morgan fingerprint density at radius 1 is 1.50 bits per heavy atom. The first kappa shape index (κ1) is 14.0. The molecule has 1 aromatic rings. The van der Waals surface area contributed by atoms with Crippen molar-refractivity contribution in [2.24, 2.45) is 5.92 Å². The Hall–Kier alpha value is -0.390. The normalized spacial score (nSPS) is 19.6. The molecule has 1 unspecified atom stereocenters. The van der Waals surface area contributed by atoms with Crippen LogP contribution in [0.25, 0.3) is 0 Å². The number of ether oxygens (including phenoxy) is 2. The van der Waals surface area contributed by atoms with Crippen LogP contribution in [0.4, 0.5) is 0 Å². The molecule has 2 rings (SSSR count). The van der Waals surface area contributed by atoms with E-state index in [0.29, 0.717) is 12.5 Å². The van der Waals surface area contributed by atoms with Crippen molar-refractivity contribution in [3.05, 3.63) is 15.9 Å². The summed E-state index contributed by atoms with van der Waals surface area (Å²) in [7, 11) is 0. The van der Waals surface area contributed by atoms with Crippen molar-refractivity contribution in [1.82, 2.24) is 9.78 Å². The largest absolute Gasteiger partial charge is 0.381 e. The van der Waals surface area contributed by atoms with E-state index in [4.69, 9.17) is 9.47 Å². The van der Waals surface area contributed by atoms with E-state index in [9.17, 15) is 0 Å². The van der Waals surface area contributed by atoms with Crippen LogP contribution in [0.2, 0.25) is 0 Å². The fraction of sp³-hybridized carbons (Fsp3) is 0.769. The van der Waals surface area contributed by atoms with E-state index in [1.54, 1.807) is 0 Å². The number of hydrogen-bond acceptors (Lipinski definition) is 3. The summed E-state index contributed by atoms with van der Waals surface area (Å²) in [6, 6.07) is 0. The Labute approximate surface area is 117 Å². The highest BCUT2D eigenvalue weighted by Gasteiger charge is 2.17. The minimum absolute atomic E-state index is 0.562. The monoisotopic (exact) mass is 316 g/mol. The first-order valence-electron chi connectivity index (χ1n) is 6.65. The van der Waals surface area contributed by atoms with Crippen LogP contribution in [0.15, 0.2) is 4.47 Å². The van der Waals surface area contributed by atoms with E-state index in [2.05, 4.69) is 34.9 Å². The van der Waals surface area contributed by atoms with Gasteiger partial charge in [0.2, 0.25) is 0 Å². The lowest BCUT2D eigenvalue weighted by atomic mass is 10.1. The topological polar surface area (TPSA) is 36.3 Å². The van der Waals surface area contributed by atoms with Gasteiger partial charge in [-0.05, 0) is 35.7 Å². The lowest BCUT2D eigenvalue weighted by Crippen LogP contribution is -2.11. The second-order valence-electron chi connectivity index (χ2n) is 4.62. The van der Waals surface area contributed by atoms with Crippen molar-refractivity contribution < 1.29 is 9.47 Å². The molecule has 5 heteroatoms. The summed E-state index contributed by atoms with van der Waals surface area (Å²) in [6.45, 7) is 8.23. The standard InChI is InChI=1S/C13H21BrN2O2/c1-3-11-13(14)12(16(4-2)15-11)9-18-8-10-5-6-17-7-10/h10H,3-9H2,1-2H3. The van der Waals surface area contributed by atoms with Crippen molar-refractivity contribution in [1.29, 1.82) is 0 Å². The Kier molecular flexibility index (Phi) is 5.21. The van der Waals surface area contributed by atoms with Gasteiger partial charge in [0.15, 0.2) is 0 Å². The summed E-state index contributed by atoms with van der Waals surface area (Å²) >= 11 is 3.63. The van der Waals surface area contributed by atoms with Gasteiger partial charge in [-0.2, -0.15) is 5.10 Å². The van der Waals surface area contributed by atoms with E-state index in [1.807, 2.05) is 4.68 Å². The van der Waals surface area contributed by atoms with Crippen molar-refractivity contribution in [2.45, 2.75) is 39.8 Å². The number of hydrogen-bond donors (Lipinski definition) is 0. The van der Waals surface area contributed by atoms with E-state index in [0.717, 1.165) is 55.1 Å². The summed E-state index contributed by atoms with van der Waals surface area (Å²) < 4.78 is 14.3. The quantitative estimate of drug-likeness (QED) is 0.809. The molecule has 1 fully saturated rings. The number of halogens is 1. The molecule has 0 aliphatic carbocycles. The van der Waals surface area contributed by atoms with Gasteiger partial charge >= 0.3 is 0 Å². The smallest absolute Gasteiger partial charge is 0.0896 e. The summed E-state index contributed by atoms with van der Waals surface area (Å²) in [5, 5.41) is 4.56. The Balaban J connectivity index is 1.92. The number of aromatic nitrogens is 2. The molecule has 0 bridgehead atoms. The molecule has 0 radical (unpaired) electrons. The highest BCUT2D eigenvalue weighted by Crippen LogP contribution is 2.23. The van der Waals surface area contributed by atoms with Crippen molar-refractivity contribution >= 4 is 15.9 Å². The van der Waals surface area contributed by atoms with Gasteiger partial charge in [-0.1, -0.05) is 6.92 Å². The molecule has 18 heavy (non-hydrogen) atoms. The molecule has 0 amide bonds. The average Bonchev–Trinajstić information content (AvgIpc) is 2.99. The molecule has 102 valence electrons. The van der Waals surface area contributed by atoms with E-state index >= 15 is 0 Å². The van der Waals surface area contributed by atoms with Gasteiger partial charge in [0.05, 0.1) is 35.7 Å². The minimum Gasteiger partial charge on any atom is -0.381 e. The first-order chi connectivity index (χ1) is 8.76. The van der Waals surface area contributed by atoms with Gasteiger partial charge in [-0.15, -0.1) is 0 Å². The van der Waals surface area contributed by atoms with Crippen LogP contribution in [0.3, 0.4) is 0 Å². The molecular weight excluding hydrogens is 296 g/mol. The Morgan fingerprint density at radius 3 is 2.94 bits per heavy atom. The Bertz CT molecular complexity index is 387. The third kappa shape index (κ3) is 3.13. The molecular formula is C13H21BrN2O2. The van der Waals surface area contributed by atoms with Crippen molar-refractivity contribution in [3.8, 4) is 0 Å². The van der Waals surface area contributed by atoms with Crippen LogP contribution < -0.4 is 0 Å². The van der Waals surface area contributed by atoms with Crippen molar-refractivity contribution in [2.75, 3.05) is 19.8 Å². The van der Waals surface area contributed by atoms with Gasteiger partial charge in [-0.3, -0.25) is 4.68 Å². The Morgan fingerprint density at radius 2 is 2.33 bits per heavy atom. The lowest BCUT2D eigenvalue weighted by Gasteiger charge is -2.10. The van der Waals surface area contributed by atoms with Crippen LogP contribution in [0.1, 0.15) is 31.7 Å². The van der Waals surface area contributed by atoms with Crippen LogP contribution in [0.5, 0.6) is 0 Å². The molecule has 0 N–H and O–H groups in total.